The minimum absolute atomic E-state index is 0.0939. The molecule has 2 aromatic rings. The third-order valence-electron chi connectivity index (χ3n) is 3.19. The molecule has 0 bridgehead atoms. The lowest BCUT2D eigenvalue weighted by Crippen LogP contribution is -2.30. The molecule has 23 heavy (non-hydrogen) atoms. The third kappa shape index (κ3) is 3.71. The number of nitrogens with zero attached hydrogens (tertiary/aromatic N) is 3. The van der Waals surface area contributed by atoms with Gasteiger partial charge in [-0.25, -0.2) is 5.84 Å². The fourth-order valence-corrected chi connectivity index (χ4v) is 2.03. The monoisotopic (exact) mass is 318 g/mol. The van der Waals surface area contributed by atoms with Gasteiger partial charge in [-0.1, -0.05) is 12.1 Å². The molecule has 0 aromatic heterocycles. The fraction of sp³-hybridized carbons (Fsp3) is 0.143. The highest BCUT2D eigenvalue weighted by molar-refractivity contribution is 5.66. The molecule has 0 saturated heterocycles. The Hall–Kier alpha value is -3.20. The highest BCUT2D eigenvalue weighted by Gasteiger charge is 2.22. The van der Waals surface area contributed by atoms with Crippen molar-refractivity contribution >= 4 is 17.1 Å². The first-order valence-electron chi connectivity index (χ1n) is 6.50. The van der Waals surface area contributed by atoms with Gasteiger partial charge in [-0.3, -0.25) is 20.2 Å². The maximum atomic E-state index is 11.1. The van der Waals surface area contributed by atoms with Crippen molar-refractivity contribution in [2.75, 3.05) is 12.1 Å². The molecule has 0 aliphatic carbocycles. The Kier molecular flexibility index (Phi) is 4.72. The van der Waals surface area contributed by atoms with Crippen LogP contribution in [-0.2, 0) is 6.54 Å². The van der Waals surface area contributed by atoms with Crippen LogP contribution in [-0.4, -0.2) is 17.0 Å². The number of nitro benzene ring substituents is 2. The number of nitrogens with two attached hydrogens (primary N) is 1. The molecule has 0 aliphatic rings. The lowest BCUT2D eigenvalue weighted by atomic mass is 10.2. The smallest absolute Gasteiger partial charge is 0.300 e. The number of benzene rings is 2. The first kappa shape index (κ1) is 16.2. The molecule has 0 heterocycles. The lowest BCUT2D eigenvalue weighted by Gasteiger charge is -2.18. The average Bonchev–Trinajstić information content (AvgIpc) is 2.54. The zero-order valence-corrected chi connectivity index (χ0v) is 12.2. The van der Waals surface area contributed by atoms with Crippen molar-refractivity contribution in [3.05, 3.63) is 68.3 Å². The summed E-state index contributed by atoms with van der Waals surface area (Å²) >= 11 is 0. The van der Waals surface area contributed by atoms with Crippen molar-refractivity contribution in [1.29, 1.82) is 0 Å². The maximum Gasteiger partial charge on any atom is 0.300 e. The average molecular weight is 318 g/mol. The zero-order valence-electron chi connectivity index (χ0n) is 12.2. The van der Waals surface area contributed by atoms with Gasteiger partial charge in [0, 0.05) is 6.07 Å². The number of anilines is 1. The Bertz CT molecular complexity index is 732. The maximum absolute atomic E-state index is 11.1. The Morgan fingerprint density at radius 1 is 1.09 bits per heavy atom. The van der Waals surface area contributed by atoms with E-state index in [4.69, 9.17) is 10.6 Å². The van der Waals surface area contributed by atoms with Gasteiger partial charge >= 0.3 is 5.69 Å². The molecule has 0 saturated carbocycles. The van der Waals surface area contributed by atoms with E-state index >= 15 is 0 Å². The highest BCUT2D eigenvalue weighted by atomic mass is 16.6. The predicted octanol–water partition coefficient (Wildman–Crippen LogP) is 2.39. The van der Waals surface area contributed by atoms with Gasteiger partial charge in [0.25, 0.3) is 5.69 Å². The second-order valence-corrected chi connectivity index (χ2v) is 4.66. The molecule has 0 radical (unpaired) electrons. The molecule has 2 rings (SSSR count). The SMILES string of the molecule is COc1ccc(CN(N)c2ccc([N+](=O)[O-])cc2[N+](=O)[O-])cc1. The Balaban J connectivity index is 2.28. The number of non-ortho nitro benzene ring substituents is 1. The van der Waals surface area contributed by atoms with E-state index in [9.17, 15) is 20.2 Å². The normalized spacial score (nSPS) is 10.2. The number of nitro groups is 2. The Morgan fingerprint density at radius 3 is 2.26 bits per heavy atom. The van der Waals surface area contributed by atoms with Gasteiger partial charge in [0.2, 0.25) is 0 Å². The largest absolute Gasteiger partial charge is 0.497 e. The molecule has 0 spiro atoms. The summed E-state index contributed by atoms with van der Waals surface area (Å²) < 4.78 is 5.05. The lowest BCUT2D eigenvalue weighted by molar-refractivity contribution is -0.393. The first-order valence-corrected chi connectivity index (χ1v) is 6.50. The van der Waals surface area contributed by atoms with Crippen molar-refractivity contribution < 1.29 is 14.6 Å². The van der Waals surface area contributed by atoms with Crippen LogP contribution < -0.4 is 15.6 Å². The van der Waals surface area contributed by atoms with E-state index in [1.807, 2.05) is 0 Å². The molecule has 9 nitrogen and oxygen atoms in total. The van der Waals surface area contributed by atoms with E-state index in [-0.39, 0.29) is 17.9 Å². The van der Waals surface area contributed by atoms with Crippen LogP contribution in [0.4, 0.5) is 17.1 Å². The minimum Gasteiger partial charge on any atom is -0.497 e. The summed E-state index contributed by atoms with van der Waals surface area (Å²) in [7, 11) is 1.55. The van der Waals surface area contributed by atoms with Crippen molar-refractivity contribution in [3.63, 3.8) is 0 Å². The number of hydrogen-bond donors (Lipinski definition) is 1. The standard InChI is InChI=1S/C14H14N4O5/c1-23-12-5-2-10(3-6-12)9-16(15)13-7-4-11(17(19)20)8-14(13)18(21)22/h2-8H,9,15H2,1H3. The molecular formula is C14H14N4O5. The van der Waals surface area contributed by atoms with Gasteiger partial charge in [-0.05, 0) is 23.8 Å². The first-order chi connectivity index (χ1) is 10.9. The summed E-state index contributed by atoms with van der Waals surface area (Å²) in [5.41, 5.74) is 0.117. The zero-order chi connectivity index (χ0) is 17.0. The Labute approximate surface area is 131 Å². The number of hydrazine groups is 1. The molecule has 2 N–H and O–H groups in total. The van der Waals surface area contributed by atoms with Crippen LogP contribution in [0.5, 0.6) is 5.75 Å². The predicted molar refractivity (Wildman–Crippen MR) is 83.1 cm³/mol. The number of hydrogen-bond acceptors (Lipinski definition) is 7. The van der Waals surface area contributed by atoms with Crippen molar-refractivity contribution in [3.8, 4) is 5.75 Å². The summed E-state index contributed by atoms with van der Waals surface area (Å²) in [6.45, 7) is 0.197. The quantitative estimate of drug-likeness (QED) is 0.492. The van der Waals surface area contributed by atoms with Crippen molar-refractivity contribution in [2.45, 2.75) is 6.54 Å². The van der Waals surface area contributed by atoms with E-state index in [0.717, 1.165) is 11.6 Å². The summed E-state index contributed by atoms with van der Waals surface area (Å²) in [4.78, 5) is 20.5. The van der Waals surface area contributed by atoms with Gasteiger partial charge in [0.05, 0.1) is 29.6 Å². The minimum atomic E-state index is -0.698. The fourth-order valence-electron chi connectivity index (χ4n) is 2.03. The van der Waals surface area contributed by atoms with Crippen LogP contribution in [0.1, 0.15) is 5.56 Å². The second-order valence-electron chi connectivity index (χ2n) is 4.66. The summed E-state index contributed by atoms with van der Waals surface area (Å²) in [6, 6.07) is 10.4. The van der Waals surface area contributed by atoms with Gasteiger partial charge in [0.15, 0.2) is 0 Å². The van der Waals surface area contributed by atoms with Crippen LogP contribution in [0.2, 0.25) is 0 Å². The molecule has 0 atom stereocenters. The van der Waals surface area contributed by atoms with E-state index in [1.165, 1.54) is 17.1 Å². The molecule has 9 heteroatoms. The topological polar surface area (TPSA) is 125 Å². The van der Waals surface area contributed by atoms with E-state index in [1.54, 1.807) is 31.4 Å². The number of ether oxygens (including phenoxy) is 1. The van der Waals surface area contributed by atoms with E-state index < -0.39 is 15.5 Å². The van der Waals surface area contributed by atoms with Crippen LogP contribution in [0.25, 0.3) is 0 Å². The highest BCUT2D eigenvalue weighted by Crippen LogP contribution is 2.31. The molecular weight excluding hydrogens is 304 g/mol. The van der Waals surface area contributed by atoms with Gasteiger partial charge in [0.1, 0.15) is 11.4 Å². The summed E-state index contributed by atoms with van der Waals surface area (Å²) in [6.07, 6.45) is 0. The summed E-state index contributed by atoms with van der Waals surface area (Å²) in [5.74, 6) is 6.57. The third-order valence-corrected chi connectivity index (χ3v) is 3.19. The molecule has 2 aromatic carbocycles. The summed E-state index contributed by atoms with van der Waals surface area (Å²) in [5, 5.41) is 23.0. The molecule has 0 amide bonds. The second kappa shape index (κ2) is 6.71. The van der Waals surface area contributed by atoms with Gasteiger partial charge in [-0.2, -0.15) is 0 Å². The van der Waals surface area contributed by atoms with Crippen LogP contribution in [0, 0.1) is 20.2 Å². The molecule has 0 fully saturated rings. The molecule has 0 aliphatic heterocycles. The van der Waals surface area contributed by atoms with Crippen molar-refractivity contribution in [2.24, 2.45) is 5.84 Å². The van der Waals surface area contributed by atoms with Crippen LogP contribution >= 0.6 is 0 Å². The van der Waals surface area contributed by atoms with Crippen LogP contribution in [0.15, 0.2) is 42.5 Å². The molecule has 0 unspecified atom stereocenters. The van der Waals surface area contributed by atoms with Crippen molar-refractivity contribution in [1.82, 2.24) is 0 Å². The Morgan fingerprint density at radius 2 is 1.74 bits per heavy atom. The van der Waals surface area contributed by atoms with Gasteiger partial charge < -0.3 is 9.75 Å². The molecule has 120 valence electrons. The van der Waals surface area contributed by atoms with Gasteiger partial charge in [-0.15, -0.1) is 0 Å². The van der Waals surface area contributed by atoms with E-state index in [0.29, 0.717) is 5.75 Å². The van der Waals surface area contributed by atoms with E-state index in [2.05, 4.69) is 0 Å². The number of methoxy groups -OCH3 is 1. The number of rotatable bonds is 6. The van der Waals surface area contributed by atoms with Crippen LogP contribution in [0.3, 0.4) is 0 Å².